The first-order valence-corrected chi connectivity index (χ1v) is 6.77. The molecule has 0 saturated carbocycles. The molecule has 0 aliphatic rings. The summed E-state index contributed by atoms with van der Waals surface area (Å²) >= 11 is 4.20. The van der Waals surface area contributed by atoms with Gasteiger partial charge in [-0.2, -0.15) is 12.6 Å². The molecule has 2 heteroatoms. The number of hydrogen-bond donors (Lipinski definition) is 1. The number of hydrogen-bond acceptors (Lipinski definition) is 1. The summed E-state index contributed by atoms with van der Waals surface area (Å²) in [5.41, 5.74) is 2.59. The molecule has 0 radical (unpaired) electrons. The molecule has 2 aromatic carbocycles. The van der Waals surface area contributed by atoms with Crippen LogP contribution in [0.5, 0.6) is 0 Å². The topological polar surface area (TPSA) is 4.93 Å². The standard InChI is InChI=1S/C16H15NS/c18-12-6-5-11-17-15-9-3-1-7-13(15)14-8-2-4-10-16(14)17/h1-10,18H,11-12H2. The van der Waals surface area contributed by atoms with E-state index in [9.17, 15) is 0 Å². The molecule has 1 nitrogen and oxygen atoms in total. The molecule has 0 aliphatic heterocycles. The lowest BCUT2D eigenvalue weighted by molar-refractivity contribution is 0.898. The maximum atomic E-state index is 4.20. The third-order valence-corrected chi connectivity index (χ3v) is 3.45. The molecule has 90 valence electrons. The summed E-state index contributed by atoms with van der Waals surface area (Å²) in [7, 11) is 0. The molecular formula is C16H15NS. The zero-order valence-corrected chi connectivity index (χ0v) is 11.0. The van der Waals surface area contributed by atoms with Gasteiger partial charge in [-0.3, -0.25) is 0 Å². The van der Waals surface area contributed by atoms with Crippen molar-refractivity contribution in [3.8, 4) is 0 Å². The molecule has 1 aromatic heterocycles. The van der Waals surface area contributed by atoms with Crippen LogP contribution in [0.2, 0.25) is 0 Å². The molecule has 3 aromatic rings. The molecular weight excluding hydrogens is 238 g/mol. The van der Waals surface area contributed by atoms with Gasteiger partial charge in [0.1, 0.15) is 0 Å². The predicted molar refractivity (Wildman–Crippen MR) is 82.4 cm³/mol. The Hall–Kier alpha value is -1.67. The van der Waals surface area contributed by atoms with Gasteiger partial charge in [0.2, 0.25) is 0 Å². The Labute approximate surface area is 112 Å². The van der Waals surface area contributed by atoms with Crippen molar-refractivity contribution in [2.45, 2.75) is 6.54 Å². The maximum absolute atomic E-state index is 4.20. The number of benzene rings is 2. The Morgan fingerprint density at radius 2 is 1.39 bits per heavy atom. The molecule has 0 aliphatic carbocycles. The molecule has 1 heterocycles. The number of aromatic nitrogens is 1. The Kier molecular flexibility index (Phi) is 3.11. The molecule has 0 N–H and O–H groups in total. The minimum atomic E-state index is 0.789. The Balaban J connectivity index is 2.27. The number of nitrogens with zero attached hydrogens (tertiary/aromatic N) is 1. The van der Waals surface area contributed by atoms with Crippen LogP contribution < -0.4 is 0 Å². The molecule has 3 rings (SSSR count). The van der Waals surface area contributed by atoms with Crippen LogP contribution in [-0.4, -0.2) is 10.3 Å². The van der Waals surface area contributed by atoms with Crippen molar-refractivity contribution >= 4 is 34.4 Å². The van der Waals surface area contributed by atoms with E-state index in [1.165, 1.54) is 21.8 Å². The lowest BCUT2D eigenvalue weighted by atomic mass is 10.2. The van der Waals surface area contributed by atoms with Crippen molar-refractivity contribution in [2.75, 3.05) is 5.75 Å². The SMILES string of the molecule is SCC=CCn1c2ccccc2c2ccccc21. The summed E-state index contributed by atoms with van der Waals surface area (Å²) in [6.07, 6.45) is 4.26. The van der Waals surface area contributed by atoms with E-state index in [4.69, 9.17) is 0 Å². The van der Waals surface area contributed by atoms with Crippen LogP contribution in [0.1, 0.15) is 0 Å². The maximum Gasteiger partial charge on any atom is 0.0494 e. The van der Waals surface area contributed by atoms with Crippen LogP contribution in [0, 0.1) is 0 Å². The second-order valence-corrected chi connectivity index (χ2v) is 4.66. The average molecular weight is 253 g/mol. The minimum Gasteiger partial charge on any atom is -0.337 e. The van der Waals surface area contributed by atoms with Crippen LogP contribution in [0.3, 0.4) is 0 Å². The van der Waals surface area contributed by atoms with Crippen molar-refractivity contribution in [3.63, 3.8) is 0 Å². The quantitative estimate of drug-likeness (QED) is 0.525. The smallest absolute Gasteiger partial charge is 0.0494 e. The zero-order chi connectivity index (χ0) is 12.4. The molecule has 0 bridgehead atoms. The van der Waals surface area contributed by atoms with Crippen LogP contribution >= 0.6 is 12.6 Å². The number of rotatable bonds is 3. The van der Waals surface area contributed by atoms with Crippen LogP contribution in [-0.2, 0) is 6.54 Å². The van der Waals surface area contributed by atoms with Crippen molar-refractivity contribution in [1.82, 2.24) is 4.57 Å². The van der Waals surface area contributed by atoms with Gasteiger partial charge in [0.15, 0.2) is 0 Å². The van der Waals surface area contributed by atoms with Crippen LogP contribution in [0.4, 0.5) is 0 Å². The Bertz CT molecular complexity index is 656. The summed E-state index contributed by atoms with van der Waals surface area (Å²) in [4.78, 5) is 0. The molecule has 0 amide bonds. The third-order valence-electron chi connectivity index (χ3n) is 3.24. The third kappa shape index (κ3) is 1.83. The first-order valence-electron chi connectivity index (χ1n) is 6.13. The first-order chi connectivity index (χ1) is 8.92. The van der Waals surface area contributed by atoms with Gasteiger partial charge >= 0.3 is 0 Å². The molecule has 0 unspecified atom stereocenters. The summed E-state index contributed by atoms with van der Waals surface area (Å²) < 4.78 is 2.35. The highest BCUT2D eigenvalue weighted by Gasteiger charge is 2.07. The van der Waals surface area contributed by atoms with Gasteiger partial charge < -0.3 is 4.57 Å². The number of allylic oxidation sites excluding steroid dienone is 1. The number of para-hydroxylation sites is 2. The van der Waals surface area contributed by atoms with E-state index in [-0.39, 0.29) is 0 Å². The highest BCUT2D eigenvalue weighted by Crippen LogP contribution is 2.28. The fraction of sp³-hybridized carbons (Fsp3) is 0.125. The van der Waals surface area contributed by atoms with Crippen molar-refractivity contribution in [3.05, 3.63) is 60.7 Å². The molecule has 0 fully saturated rings. The second kappa shape index (κ2) is 4.91. The van der Waals surface area contributed by atoms with E-state index < -0.39 is 0 Å². The van der Waals surface area contributed by atoms with Crippen molar-refractivity contribution in [2.24, 2.45) is 0 Å². The number of thiol groups is 1. The van der Waals surface area contributed by atoms with Gasteiger partial charge in [-0.05, 0) is 12.1 Å². The van der Waals surface area contributed by atoms with E-state index in [2.05, 4.69) is 77.9 Å². The predicted octanol–water partition coefficient (Wildman–Crippen LogP) is 4.28. The van der Waals surface area contributed by atoms with Crippen molar-refractivity contribution in [1.29, 1.82) is 0 Å². The van der Waals surface area contributed by atoms with Gasteiger partial charge in [-0.25, -0.2) is 0 Å². The fourth-order valence-corrected chi connectivity index (χ4v) is 2.60. The average Bonchev–Trinajstić information content (AvgIpc) is 2.74. The number of fused-ring (bicyclic) bond motifs is 3. The largest absolute Gasteiger partial charge is 0.337 e. The molecule has 18 heavy (non-hydrogen) atoms. The van der Waals surface area contributed by atoms with E-state index >= 15 is 0 Å². The summed E-state index contributed by atoms with van der Waals surface area (Å²) in [6.45, 7) is 0.897. The molecule has 0 saturated heterocycles. The van der Waals surface area contributed by atoms with E-state index in [1.807, 2.05) is 0 Å². The van der Waals surface area contributed by atoms with Gasteiger partial charge in [0, 0.05) is 34.1 Å². The first kappa shape index (κ1) is 11.4. The fourth-order valence-electron chi connectivity index (χ4n) is 2.45. The molecule has 0 spiro atoms. The Morgan fingerprint density at radius 1 is 0.833 bits per heavy atom. The van der Waals surface area contributed by atoms with Crippen molar-refractivity contribution < 1.29 is 0 Å². The summed E-state index contributed by atoms with van der Waals surface area (Å²) in [5.74, 6) is 0.789. The van der Waals surface area contributed by atoms with E-state index in [0.29, 0.717) is 0 Å². The lowest BCUT2D eigenvalue weighted by Crippen LogP contribution is -1.94. The zero-order valence-electron chi connectivity index (χ0n) is 10.1. The molecule has 0 atom stereocenters. The van der Waals surface area contributed by atoms with Gasteiger partial charge in [0.25, 0.3) is 0 Å². The van der Waals surface area contributed by atoms with Gasteiger partial charge in [-0.1, -0.05) is 48.6 Å². The normalized spacial score (nSPS) is 11.8. The lowest BCUT2D eigenvalue weighted by Gasteiger charge is -2.03. The van der Waals surface area contributed by atoms with Crippen LogP contribution in [0.25, 0.3) is 21.8 Å². The Morgan fingerprint density at radius 3 is 1.94 bits per heavy atom. The highest BCUT2D eigenvalue weighted by molar-refractivity contribution is 7.80. The van der Waals surface area contributed by atoms with E-state index in [0.717, 1.165) is 12.3 Å². The van der Waals surface area contributed by atoms with E-state index in [1.54, 1.807) is 0 Å². The van der Waals surface area contributed by atoms with Crippen LogP contribution in [0.15, 0.2) is 60.7 Å². The monoisotopic (exact) mass is 253 g/mol. The van der Waals surface area contributed by atoms with Gasteiger partial charge in [0.05, 0.1) is 0 Å². The summed E-state index contributed by atoms with van der Waals surface area (Å²) in [6, 6.07) is 17.1. The summed E-state index contributed by atoms with van der Waals surface area (Å²) in [5, 5.41) is 2.65. The highest BCUT2D eigenvalue weighted by atomic mass is 32.1. The minimum absolute atomic E-state index is 0.789. The second-order valence-electron chi connectivity index (χ2n) is 4.30. The van der Waals surface area contributed by atoms with Gasteiger partial charge in [-0.15, -0.1) is 0 Å².